The van der Waals surface area contributed by atoms with Crippen LogP contribution in [0.3, 0.4) is 0 Å². The Balaban J connectivity index is 0.00000162. The molecule has 0 amide bonds. The van der Waals surface area contributed by atoms with Gasteiger partial charge < -0.3 is 5.73 Å². The molecule has 1 aliphatic rings. The molecule has 2 rings (SSSR count). The lowest BCUT2D eigenvalue weighted by molar-refractivity contribution is 0.171. The first-order valence-corrected chi connectivity index (χ1v) is 7.22. The summed E-state index contributed by atoms with van der Waals surface area (Å²) in [6.45, 7) is 4.06. The Morgan fingerprint density at radius 2 is 2.22 bits per heavy atom. The van der Waals surface area contributed by atoms with Gasteiger partial charge in [-0.15, -0.1) is 12.4 Å². The van der Waals surface area contributed by atoms with Gasteiger partial charge in [-0.05, 0) is 65.5 Å². The summed E-state index contributed by atoms with van der Waals surface area (Å²) in [6.07, 6.45) is 2.53. The molecule has 18 heavy (non-hydrogen) atoms. The normalized spacial score (nSPS) is 20.5. The average molecular weight is 354 g/mol. The molecular weight excluding hydrogens is 335 g/mol. The van der Waals surface area contributed by atoms with Gasteiger partial charge in [0.15, 0.2) is 0 Å². The molecular formula is C13H19BrCl2N2. The fourth-order valence-corrected chi connectivity index (χ4v) is 2.83. The van der Waals surface area contributed by atoms with E-state index in [0.29, 0.717) is 5.92 Å². The highest BCUT2D eigenvalue weighted by Crippen LogP contribution is 2.25. The van der Waals surface area contributed by atoms with Gasteiger partial charge in [-0.1, -0.05) is 17.7 Å². The monoisotopic (exact) mass is 352 g/mol. The van der Waals surface area contributed by atoms with Crippen LogP contribution < -0.4 is 5.73 Å². The summed E-state index contributed by atoms with van der Waals surface area (Å²) in [5, 5.41) is 0.787. The highest BCUT2D eigenvalue weighted by molar-refractivity contribution is 9.10. The van der Waals surface area contributed by atoms with Crippen LogP contribution in [0.2, 0.25) is 5.02 Å². The molecule has 1 aromatic carbocycles. The maximum Gasteiger partial charge on any atom is 0.0551 e. The van der Waals surface area contributed by atoms with Gasteiger partial charge >= 0.3 is 0 Å². The van der Waals surface area contributed by atoms with Crippen molar-refractivity contribution >= 4 is 39.9 Å². The van der Waals surface area contributed by atoms with Gasteiger partial charge in [0.2, 0.25) is 0 Å². The van der Waals surface area contributed by atoms with Crippen molar-refractivity contribution in [1.29, 1.82) is 0 Å². The first kappa shape index (κ1) is 16.3. The number of hydrogen-bond acceptors (Lipinski definition) is 2. The number of benzene rings is 1. The van der Waals surface area contributed by atoms with Crippen molar-refractivity contribution in [1.82, 2.24) is 4.90 Å². The number of halogens is 3. The summed E-state index contributed by atoms with van der Waals surface area (Å²) in [5.74, 6) is 0.662. The molecule has 0 radical (unpaired) electrons. The fraction of sp³-hybridized carbons (Fsp3) is 0.538. The van der Waals surface area contributed by atoms with Crippen LogP contribution >= 0.6 is 39.9 Å². The third-order valence-corrected chi connectivity index (χ3v) is 4.56. The van der Waals surface area contributed by atoms with Gasteiger partial charge in [-0.2, -0.15) is 0 Å². The Kier molecular flexibility index (Phi) is 6.96. The molecule has 0 spiro atoms. The first-order valence-electron chi connectivity index (χ1n) is 6.05. The predicted octanol–water partition coefficient (Wildman–Crippen LogP) is 3.70. The van der Waals surface area contributed by atoms with Gasteiger partial charge in [-0.25, -0.2) is 0 Å². The van der Waals surface area contributed by atoms with Crippen LogP contribution in [-0.2, 0) is 6.54 Å². The van der Waals surface area contributed by atoms with Crippen LogP contribution in [0.5, 0.6) is 0 Å². The summed E-state index contributed by atoms with van der Waals surface area (Å²) in [7, 11) is 0. The van der Waals surface area contributed by atoms with Crippen LogP contribution in [0, 0.1) is 5.92 Å². The second-order valence-corrected chi connectivity index (χ2v) is 5.99. The SMILES string of the molecule is Cl.NCC1CCCN(Cc2ccc(Br)c(Cl)c2)C1. The molecule has 2 nitrogen and oxygen atoms in total. The van der Waals surface area contributed by atoms with Crippen LogP contribution in [0.15, 0.2) is 22.7 Å². The molecule has 5 heteroatoms. The number of nitrogens with zero attached hydrogens (tertiary/aromatic N) is 1. The fourth-order valence-electron chi connectivity index (χ4n) is 2.38. The first-order chi connectivity index (χ1) is 8.19. The van der Waals surface area contributed by atoms with E-state index in [1.54, 1.807) is 0 Å². The van der Waals surface area contributed by atoms with Crippen LogP contribution in [0.4, 0.5) is 0 Å². The predicted molar refractivity (Wildman–Crippen MR) is 83.5 cm³/mol. The summed E-state index contributed by atoms with van der Waals surface area (Å²) in [6, 6.07) is 6.18. The summed E-state index contributed by atoms with van der Waals surface area (Å²) in [4.78, 5) is 2.47. The van der Waals surface area contributed by atoms with E-state index in [-0.39, 0.29) is 12.4 Å². The molecule has 1 heterocycles. The minimum Gasteiger partial charge on any atom is -0.330 e. The molecule has 1 saturated heterocycles. The Morgan fingerprint density at radius 1 is 1.44 bits per heavy atom. The van der Waals surface area contributed by atoms with Crippen LogP contribution in [-0.4, -0.2) is 24.5 Å². The molecule has 1 unspecified atom stereocenters. The highest BCUT2D eigenvalue weighted by atomic mass is 79.9. The Bertz CT molecular complexity index is 387. The maximum absolute atomic E-state index is 6.10. The van der Waals surface area contributed by atoms with E-state index >= 15 is 0 Å². The van der Waals surface area contributed by atoms with Crippen molar-refractivity contribution in [3.05, 3.63) is 33.3 Å². The number of piperidine rings is 1. The molecule has 1 aliphatic heterocycles. The Morgan fingerprint density at radius 3 is 2.89 bits per heavy atom. The smallest absolute Gasteiger partial charge is 0.0551 e. The third kappa shape index (κ3) is 4.39. The molecule has 102 valence electrons. The van der Waals surface area contributed by atoms with Crippen molar-refractivity contribution in [2.24, 2.45) is 11.7 Å². The van der Waals surface area contributed by atoms with Gasteiger partial charge in [0.25, 0.3) is 0 Å². The second kappa shape index (κ2) is 7.71. The van der Waals surface area contributed by atoms with Crippen molar-refractivity contribution in [3.63, 3.8) is 0 Å². The number of hydrogen-bond donors (Lipinski definition) is 1. The largest absolute Gasteiger partial charge is 0.330 e. The minimum absolute atomic E-state index is 0. The maximum atomic E-state index is 6.10. The van der Waals surface area contributed by atoms with Gasteiger partial charge in [0.1, 0.15) is 0 Å². The van der Waals surface area contributed by atoms with Gasteiger partial charge in [0.05, 0.1) is 5.02 Å². The minimum atomic E-state index is 0. The summed E-state index contributed by atoms with van der Waals surface area (Å²) >= 11 is 9.52. The van der Waals surface area contributed by atoms with Crippen LogP contribution in [0.25, 0.3) is 0 Å². The number of likely N-dealkylation sites (tertiary alicyclic amines) is 1. The van der Waals surface area contributed by atoms with E-state index in [4.69, 9.17) is 17.3 Å². The standard InChI is InChI=1S/C13H18BrClN2.ClH/c14-12-4-3-10(6-13(12)15)8-17-5-1-2-11(7-16)9-17;/h3-4,6,11H,1-2,5,7-9,16H2;1H. The average Bonchev–Trinajstić information content (AvgIpc) is 2.34. The lowest BCUT2D eigenvalue weighted by Gasteiger charge is -2.32. The zero-order valence-corrected chi connectivity index (χ0v) is 13.4. The molecule has 0 bridgehead atoms. The zero-order chi connectivity index (χ0) is 12.3. The topological polar surface area (TPSA) is 29.3 Å². The van der Waals surface area contributed by atoms with E-state index in [0.717, 1.165) is 29.1 Å². The van der Waals surface area contributed by atoms with Gasteiger partial charge in [0, 0.05) is 17.6 Å². The molecule has 0 aliphatic carbocycles. The molecule has 1 atom stereocenters. The molecule has 2 N–H and O–H groups in total. The number of nitrogens with two attached hydrogens (primary N) is 1. The molecule has 0 aromatic heterocycles. The van der Waals surface area contributed by atoms with Crippen molar-refractivity contribution in [2.75, 3.05) is 19.6 Å². The lowest BCUT2D eigenvalue weighted by atomic mass is 9.98. The molecule has 1 fully saturated rings. The lowest BCUT2D eigenvalue weighted by Crippen LogP contribution is -2.37. The summed E-state index contributed by atoms with van der Waals surface area (Å²) in [5.41, 5.74) is 7.02. The van der Waals surface area contributed by atoms with E-state index in [1.807, 2.05) is 12.1 Å². The zero-order valence-electron chi connectivity index (χ0n) is 10.2. The van der Waals surface area contributed by atoms with Crippen LogP contribution in [0.1, 0.15) is 18.4 Å². The Labute approximate surface area is 128 Å². The molecule has 0 saturated carbocycles. The quantitative estimate of drug-likeness (QED) is 0.897. The van der Waals surface area contributed by atoms with Crippen molar-refractivity contribution < 1.29 is 0 Å². The van der Waals surface area contributed by atoms with Gasteiger partial charge in [-0.3, -0.25) is 4.90 Å². The van der Waals surface area contributed by atoms with E-state index in [1.165, 1.54) is 24.9 Å². The van der Waals surface area contributed by atoms with E-state index in [9.17, 15) is 0 Å². The Hall–Kier alpha value is 0.200. The number of rotatable bonds is 3. The van der Waals surface area contributed by atoms with E-state index in [2.05, 4.69) is 26.9 Å². The van der Waals surface area contributed by atoms with E-state index < -0.39 is 0 Å². The molecule has 1 aromatic rings. The highest BCUT2D eigenvalue weighted by Gasteiger charge is 2.18. The van der Waals surface area contributed by atoms with Crippen molar-refractivity contribution in [2.45, 2.75) is 19.4 Å². The second-order valence-electron chi connectivity index (χ2n) is 4.73. The van der Waals surface area contributed by atoms with Crippen molar-refractivity contribution in [3.8, 4) is 0 Å². The third-order valence-electron chi connectivity index (χ3n) is 3.33. The summed E-state index contributed by atoms with van der Waals surface area (Å²) < 4.78 is 0.960.